The zero-order chi connectivity index (χ0) is 20.4. The molecule has 1 fully saturated rings. The lowest BCUT2D eigenvalue weighted by Crippen LogP contribution is -2.23. The summed E-state index contributed by atoms with van der Waals surface area (Å²) >= 11 is 1.27. The van der Waals surface area contributed by atoms with Crippen LogP contribution < -0.4 is 5.32 Å². The first-order valence-electron chi connectivity index (χ1n) is 9.25. The van der Waals surface area contributed by atoms with Crippen molar-refractivity contribution >= 4 is 23.4 Å². The number of thioether (sulfide) groups is 1. The average molecular weight is 407 g/mol. The van der Waals surface area contributed by atoms with Gasteiger partial charge in [0.25, 0.3) is 0 Å². The predicted octanol–water partition coefficient (Wildman–Crippen LogP) is 4.41. The zero-order valence-electron chi connectivity index (χ0n) is 15.7. The van der Waals surface area contributed by atoms with Gasteiger partial charge in [-0.25, -0.2) is 4.39 Å². The van der Waals surface area contributed by atoms with Crippen molar-refractivity contribution < 1.29 is 9.18 Å². The average Bonchev–Trinajstić information content (AvgIpc) is 3.49. The molecule has 1 aliphatic carbocycles. The normalized spacial score (nSPS) is 14.2. The smallest absolute Gasteiger partial charge is 0.237 e. The number of anilines is 1. The minimum atomic E-state index is -0.475. The van der Waals surface area contributed by atoms with Crippen LogP contribution in [0, 0.1) is 17.1 Å². The van der Waals surface area contributed by atoms with E-state index in [1.54, 1.807) is 49.4 Å². The molecule has 1 heterocycles. The second-order valence-electron chi connectivity index (χ2n) is 6.79. The molecule has 1 aromatic heterocycles. The number of aromatic nitrogens is 3. The highest BCUT2D eigenvalue weighted by Gasteiger charge is 2.32. The van der Waals surface area contributed by atoms with Crippen LogP contribution in [0.3, 0.4) is 0 Å². The molecule has 6 nitrogen and oxygen atoms in total. The van der Waals surface area contributed by atoms with Crippen LogP contribution in [0.1, 0.15) is 31.4 Å². The number of nitrogens with one attached hydrogen (secondary N) is 1. The van der Waals surface area contributed by atoms with Gasteiger partial charge in [0, 0.05) is 6.04 Å². The Labute approximate surface area is 171 Å². The van der Waals surface area contributed by atoms with Crippen LogP contribution in [0.15, 0.2) is 53.7 Å². The summed E-state index contributed by atoms with van der Waals surface area (Å²) in [5.74, 6) is -0.108. The summed E-state index contributed by atoms with van der Waals surface area (Å²) in [6, 6.07) is 15.6. The molecule has 29 heavy (non-hydrogen) atoms. The summed E-state index contributed by atoms with van der Waals surface area (Å²) in [5, 5.41) is 20.5. The SMILES string of the molecule is C[C@H](Sc1nnc(-c2ccccc2F)n1C1CC1)C(=O)Nc1ccccc1C#N. The highest BCUT2D eigenvalue weighted by Crippen LogP contribution is 2.42. The van der Waals surface area contributed by atoms with Crippen LogP contribution >= 0.6 is 11.8 Å². The highest BCUT2D eigenvalue weighted by molar-refractivity contribution is 8.00. The molecule has 4 rings (SSSR count). The van der Waals surface area contributed by atoms with Crippen molar-refractivity contribution in [2.75, 3.05) is 5.32 Å². The van der Waals surface area contributed by atoms with Crippen molar-refractivity contribution in [2.45, 2.75) is 36.2 Å². The van der Waals surface area contributed by atoms with E-state index in [1.165, 1.54) is 17.8 Å². The molecule has 0 bridgehead atoms. The second-order valence-corrected chi connectivity index (χ2v) is 8.10. The standard InChI is InChI=1S/C21H18FN5OS/c1-13(20(28)24-18-9-5-2-6-14(18)12-23)29-21-26-25-19(27(21)15-10-11-15)16-7-3-4-8-17(16)22/h2-9,13,15H,10-11H2,1H3,(H,24,28)/t13-/m0/s1. The van der Waals surface area contributed by atoms with Crippen molar-refractivity contribution in [3.63, 3.8) is 0 Å². The van der Waals surface area contributed by atoms with Gasteiger partial charge in [-0.2, -0.15) is 5.26 Å². The molecule has 1 aliphatic rings. The number of nitriles is 1. The van der Waals surface area contributed by atoms with Gasteiger partial charge >= 0.3 is 0 Å². The molecule has 0 aliphatic heterocycles. The second kappa shape index (κ2) is 8.05. The Balaban J connectivity index is 1.56. The number of hydrogen-bond acceptors (Lipinski definition) is 5. The number of nitrogens with zero attached hydrogens (tertiary/aromatic N) is 4. The fraction of sp³-hybridized carbons (Fsp3) is 0.238. The molecule has 146 valence electrons. The fourth-order valence-corrected chi connectivity index (χ4v) is 3.90. The van der Waals surface area contributed by atoms with Gasteiger partial charge in [0.2, 0.25) is 5.91 Å². The predicted molar refractivity (Wildman–Crippen MR) is 109 cm³/mol. The summed E-state index contributed by atoms with van der Waals surface area (Å²) in [6.45, 7) is 1.77. The molecule has 2 aromatic carbocycles. The molecular weight excluding hydrogens is 389 g/mol. The Bertz CT molecular complexity index is 1100. The number of hydrogen-bond donors (Lipinski definition) is 1. The Hall–Kier alpha value is -3.18. The van der Waals surface area contributed by atoms with Gasteiger partial charge in [-0.15, -0.1) is 10.2 Å². The van der Waals surface area contributed by atoms with Gasteiger partial charge in [-0.1, -0.05) is 36.0 Å². The van der Waals surface area contributed by atoms with Gasteiger partial charge in [0.15, 0.2) is 11.0 Å². The van der Waals surface area contributed by atoms with Crippen molar-refractivity contribution in [3.05, 3.63) is 59.9 Å². The van der Waals surface area contributed by atoms with Crippen molar-refractivity contribution in [2.24, 2.45) is 0 Å². The van der Waals surface area contributed by atoms with E-state index in [1.807, 2.05) is 4.57 Å². The van der Waals surface area contributed by atoms with Crippen LogP contribution in [-0.4, -0.2) is 25.9 Å². The van der Waals surface area contributed by atoms with Crippen molar-refractivity contribution in [1.82, 2.24) is 14.8 Å². The van der Waals surface area contributed by atoms with Crippen molar-refractivity contribution in [3.8, 4) is 17.5 Å². The van der Waals surface area contributed by atoms with E-state index in [0.717, 1.165) is 12.8 Å². The number of amides is 1. The van der Waals surface area contributed by atoms with Crippen LogP contribution in [0.4, 0.5) is 10.1 Å². The van der Waals surface area contributed by atoms with Gasteiger partial charge in [-0.3, -0.25) is 9.36 Å². The Kier molecular flexibility index (Phi) is 5.32. The maximum Gasteiger partial charge on any atom is 0.237 e. The van der Waals surface area contributed by atoms with Crippen molar-refractivity contribution in [1.29, 1.82) is 5.26 Å². The first kappa shape index (κ1) is 19.2. The molecule has 1 saturated carbocycles. The molecule has 0 spiro atoms. The van der Waals surface area contributed by atoms with Crippen LogP contribution in [-0.2, 0) is 4.79 Å². The zero-order valence-corrected chi connectivity index (χ0v) is 16.5. The summed E-state index contributed by atoms with van der Waals surface area (Å²) in [7, 11) is 0. The third kappa shape index (κ3) is 4.00. The molecular formula is C21H18FN5OS. The summed E-state index contributed by atoms with van der Waals surface area (Å²) in [5.41, 5.74) is 1.28. The van der Waals surface area contributed by atoms with Gasteiger partial charge in [-0.05, 0) is 44.0 Å². The lowest BCUT2D eigenvalue weighted by Gasteiger charge is -2.14. The maximum absolute atomic E-state index is 14.3. The van der Waals surface area contributed by atoms with E-state index in [4.69, 9.17) is 0 Å². The Morgan fingerprint density at radius 2 is 1.97 bits per heavy atom. The lowest BCUT2D eigenvalue weighted by atomic mass is 10.2. The number of benzene rings is 2. The third-order valence-corrected chi connectivity index (χ3v) is 5.70. The van der Waals surface area contributed by atoms with E-state index in [2.05, 4.69) is 21.6 Å². The van der Waals surface area contributed by atoms with E-state index in [0.29, 0.717) is 27.8 Å². The summed E-state index contributed by atoms with van der Waals surface area (Å²) in [6.07, 6.45) is 1.95. The minimum absolute atomic E-state index is 0.219. The minimum Gasteiger partial charge on any atom is -0.324 e. The van der Waals surface area contributed by atoms with E-state index >= 15 is 0 Å². The molecule has 1 N–H and O–H groups in total. The molecule has 1 atom stereocenters. The number of halogens is 1. The number of rotatable bonds is 6. The highest BCUT2D eigenvalue weighted by atomic mass is 32.2. The van der Waals surface area contributed by atoms with E-state index < -0.39 is 5.25 Å². The number of carbonyl (C=O) groups is 1. The monoisotopic (exact) mass is 407 g/mol. The first-order chi connectivity index (χ1) is 14.1. The Morgan fingerprint density at radius 3 is 2.69 bits per heavy atom. The van der Waals surface area contributed by atoms with E-state index in [9.17, 15) is 14.4 Å². The summed E-state index contributed by atoms with van der Waals surface area (Å²) in [4.78, 5) is 12.7. The number of para-hydroxylation sites is 1. The first-order valence-corrected chi connectivity index (χ1v) is 10.1. The molecule has 1 amide bonds. The van der Waals surface area contributed by atoms with Crippen LogP contribution in [0.25, 0.3) is 11.4 Å². The summed E-state index contributed by atoms with van der Waals surface area (Å²) < 4.78 is 16.2. The molecule has 0 unspecified atom stereocenters. The lowest BCUT2D eigenvalue weighted by molar-refractivity contribution is -0.115. The molecule has 0 radical (unpaired) electrons. The largest absolute Gasteiger partial charge is 0.324 e. The maximum atomic E-state index is 14.3. The number of carbonyl (C=O) groups excluding carboxylic acids is 1. The molecule has 0 saturated heterocycles. The molecule has 8 heteroatoms. The van der Waals surface area contributed by atoms with Gasteiger partial charge in [0.1, 0.15) is 11.9 Å². The molecule has 3 aromatic rings. The van der Waals surface area contributed by atoms with Gasteiger partial charge < -0.3 is 5.32 Å². The fourth-order valence-electron chi connectivity index (χ4n) is 2.98. The van der Waals surface area contributed by atoms with Crippen LogP contribution in [0.2, 0.25) is 0 Å². The third-order valence-electron chi connectivity index (χ3n) is 4.65. The van der Waals surface area contributed by atoms with E-state index in [-0.39, 0.29) is 17.8 Å². The quantitative estimate of drug-likeness (QED) is 0.612. The van der Waals surface area contributed by atoms with Gasteiger partial charge in [0.05, 0.1) is 22.1 Å². The van der Waals surface area contributed by atoms with Crippen LogP contribution in [0.5, 0.6) is 0 Å². The Morgan fingerprint density at radius 1 is 1.24 bits per heavy atom. The topological polar surface area (TPSA) is 83.6 Å².